The molecule has 3 rings (SSSR count). The minimum Gasteiger partial charge on any atom is -0.313 e. The van der Waals surface area contributed by atoms with Gasteiger partial charge in [-0.05, 0) is 56.3 Å². The second-order valence-electron chi connectivity index (χ2n) is 6.71. The van der Waals surface area contributed by atoms with Gasteiger partial charge in [-0.2, -0.15) is 0 Å². The molecule has 1 aliphatic heterocycles. The minimum absolute atomic E-state index is 0.839. The second kappa shape index (κ2) is 7.37. The van der Waals surface area contributed by atoms with E-state index < -0.39 is 0 Å². The van der Waals surface area contributed by atoms with E-state index in [1.807, 2.05) is 6.20 Å². The molecule has 1 saturated carbocycles. The average molecular weight is 287 g/mol. The lowest BCUT2D eigenvalue weighted by molar-refractivity contribution is 0.174. The molecule has 0 bridgehead atoms. The first-order chi connectivity index (χ1) is 10.4. The Morgan fingerprint density at radius 3 is 2.95 bits per heavy atom. The van der Waals surface area contributed by atoms with Crippen molar-refractivity contribution < 1.29 is 0 Å². The Balaban J connectivity index is 1.53. The Labute approximate surface area is 129 Å². The van der Waals surface area contributed by atoms with Gasteiger partial charge >= 0.3 is 0 Å². The van der Waals surface area contributed by atoms with Crippen LogP contribution in [0.5, 0.6) is 0 Å². The Morgan fingerprint density at radius 1 is 1.24 bits per heavy atom. The lowest BCUT2D eigenvalue weighted by Crippen LogP contribution is -2.34. The zero-order valence-corrected chi connectivity index (χ0v) is 13.4. The van der Waals surface area contributed by atoms with Crippen LogP contribution >= 0.6 is 0 Å². The molecule has 0 spiro atoms. The Hall–Kier alpha value is -0.930. The molecule has 2 unspecified atom stereocenters. The van der Waals surface area contributed by atoms with Gasteiger partial charge in [0.05, 0.1) is 5.69 Å². The van der Waals surface area contributed by atoms with Crippen LogP contribution in [0, 0.1) is 5.92 Å². The third kappa shape index (κ3) is 3.83. The SMILES string of the molecule is CCCNCc1ccc(CN2CCC3CCCCC32)nc1. The summed E-state index contributed by atoms with van der Waals surface area (Å²) < 4.78 is 0. The molecule has 1 saturated heterocycles. The Kier molecular flexibility index (Phi) is 5.26. The van der Waals surface area contributed by atoms with Crippen molar-refractivity contribution in [2.75, 3.05) is 13.1 Å². The molecule has 2 atom stereocenters. The van der Waals surface area contributed by atoms with E-state index in [1.165, 1.54) is 56.3 Å². The van der Waals surface area contributed by atoms with Crippen LogP contribution in [0.3, 0.4) is 0 Å². The summed E-state index contributed by atoms with van der Waals surface area (Å²) in [7, 11) is 0. The van der Waals surface area contributed by atoms with E-state index in [1.54, 1.807) is 0 Å². The molecule has 116 valence electrons. The van der Waals surface area contributed by atoms with Crippen LogP contribution in [-0.2, 0) is 13.1 Å². The summed E-state index contributed by atoms with van der Waals surface area (Å²) in [6, 6.07) is 5.30. The molecule has 2 fully saturated rings. The van der Waals surface area contributed by atoms with E-state index in [0.717, 1.165) is 31.6 Å². The van der Waals surface area contributed by atoms with Crippen molar-refractivity contribution in [1.29, 1.82) is 0 Å². The van der Waals surface area contributed by atoms with Crippen molar-refractivity contribution in [2.45, 2.75) is 64.6 Å². The van der Waals surface area contributed by atoms with Gasteiger partial charge in [-0.1, -0.05) is 25.8 Å². The molecule has 0 aromatic carbocycles. The monoisotopic (exact) mass is 287 g/mol. The molecular formula is C18H29N3. The van der Waals surface area contributed by atoms with E-state index >= 15 is 0 Å². The maximum Gasteiger partial charge on any atom is 0.0544 e. The Bertz CT molecular complexity index is 429. The van der Waals surface area contributed by atoms with E-state index in [9.17, 15) is 0 Å². The molecule has 1 N–H and O–H groups in total. The zero-order chi connectivity index (χ0) is 14.5. The number of fused-ring (bicyclic) bond motifs is 1. The molecule has 3 nitrogen and oxygen atoms in total. The van der Waals surface area contributed by atoms with E-state index in [2.05, 4.69) is 34.3 Å². The molecule has 2 heterocycles. The molecule has 1 aromatic heterocycles. The molecule has 0 radical (unpaired) electrons. The molecule has 0 amide bonds. The summed E-state index contributed by atoms with van der Waals surface area (Å²) >= 11 is 0. The standard InChI is InChI=1S/C18H29N3/c1-2-10-19-12-15-7-8-17(20-13-15)14-21-11-9-16-5-3-4-6-18(16)21/h7-8,13,16,18-19H,2-6,9-12,14H2,1H3. The molecule has 21 heavy (non-hydrogen) atoms. The molecular weight excluding hydrogens is 258 g/mol. The first-order valence-corrected chi connectivity index (χ1v) is 8.75. The van der Waals surface area contributed by atoms with Gasteiger partial charge in [0, 0.05) is 25.3 Å². The lowest BCUT2D eigenvalue weighted by atomic mass is 9.85. The fraction of sp³-hybridized carbons (Fsp3) is 0.722. The van der Waals surface area contributed by atoms with Crippen molar-refractivity contribution in [3.8, 4) is 0 Å². The van der Waals surface area contributed by atoms with Crippen molar-refractivity contribution in [3.63, 3.8) is 0 Å². The number of hydrogen-bond donors (Lipinski definition) is 1. The van der Waals surface area contributed by atoms with Crippen LogP contribution in [0.1, 0.15) is 56.7 Å². The summed E-state index contributed by atoms with van der Waals surface area (Å²) in [4.78, 5) is 7.36. The first kappa shape index (κ1) is 15.0. The third-order valence-electron chi connectivity index (χ3n) is 5.13. The number of nitrogens with one attached hydrogen (secondary N) is 1. The quantitative estimate of drug-likeness (QED) is 0.813. The topological polar surface area (TPSA) is 28.2 Å². The number of likely N-dealkylation sites (tertiary alicyclic amines) is 1. The van der Waals surface area contributed by atoms with Gasteiger partial charge in [-0.3, -0.25) is 9.88 Å². The molecule has 3 heteroatoms. The highest BCUT2D eigenvalue weighted by Gasteiger charge is 2.35. The summed E-state index contributed by atoms with van der Waals surface area (Å²) in [5.74, 6) is 0.969. The molecule has 2 aliphatic rings. The maximum atomic E-state index is 4.68. The number of aromatic nitrogens is 1. The van der Waals surface area contributed by atoms with Gasteiger partial charge in [-0.25, -0.2) is 0 Å². The summed E-state index contributed by atoms with van der Waals surface area (Å²) in [5.41, 5.74) is 2.53. The minimum atomic E-state index is 0.839. The van der Waals surface area contributed by atoms with E-state index in [4.69, 9.17) is 0 Å². The van der Waals surface area contributed by atoms with Crippen LogP contribution in [0.4, 0.5) is 0 Å². The van der Waals surface area contributed by atoms with Crippen molar-refractivity contribution >= 4 is 0 Å². The van der Waals surface area contributed by atoms with Crippen LogP contribution in [-0.4, -0.2) is 29.0 Å². The van der Waals surface area contributed by atoms with Gasteiger partial charge in [0.2, 0.25) is 0 Å². The average Bonchev–Trinajstić information content (AvgIpc) is 2.93. The highest BCUT2D eigenvalue weighted by Crippen LogP contribution is 2.36. The first-order valence-electron chi connectivity index (χ1n) is 8.75. The third-order valence-corrected chi connectivity index (χ3v) is 5.13. The van der Waals surface area contributed by atoms with Gasteiger partial charge in [0.15, 0.2) is 0 Å². The van der Waals surface area contributed by atoms with E-state index in [0.29, 0.717) is 0 Å². The van der Waals surface area contributed by atoms with Crippen LogP contribution < -0.4 is 5.32 Å². The van der Waals surface area contributed by atoms with Gasteiger partial charge in [-0.15, -0.1) is 0 Å². The summed E-state index contributed by atoms with van der Waals surface area (Å²) in [6.45, 7) is 6.54. The van der Waals surface area contributed by atoms with Crippen molar-refractivity contribution in [3.05, 3.63) is 29.6 Å². The largest absolute Gasteiger partial charge is 0.313 e. The lowest BCUT2D eigenvalue weighted by Gasteiger charge is -2.31. The normalized spacial score (nSPS) is 26.0. The predicted molar refractivity (Wildman–Crippen MR) is 87.0 cm³/mol. The highest BCUT2D eigenvalue weighted by molar-refractivity contribution is 5.14. The van der Waals surface area contributed by atoms with Gasteiger partial charge in [0.25, 0.3) is 0 Å². The van der Waals surface area contributed by atoms with Crippen molar-refractivity contribution in [2.24, 2.45) is 5.92 Å². The fourth-order valence-corrected chi connectivity index (χ4v) is 3.97. The number of nitrogens with zero attached hydrogens (tertiary/aromatic N) is 2. The van der Waals surface area contributed by atoms with Gasteiger partial charge in [0.1, 0.15) is 0 Å². The number of rotatable bonds is 6. The Morgan fingerprint density at radius 2 is 2.14 bits per heavy atom. The molecule has 1 aromatic rings. The van der Waals surface area contributed by atoms with Crippen LogP contribution in [0.15, 0.2) is 18.3 Å². The van der Waals surface area contributed by atoms with Gasteiger partial charge < -0.3 is 5.32 Å². The second-order valence-corrected chi connectivity index (χ2v) is 6.71. The summed E-state index contributed by atoms with van der Waals surface area (Å²) in [6.07, 6.45) is 10.4. The van der Waals surface area contributed by atoms with Crippen LogP contribution in [0.25, 0.3) is 0 Å². The number of pyridine rings is 1. The smallest absolute Gasteiger partial charge is 0.0544 e. The summed E-state index contributed by atoms with van der Waals surface area (Å²) in [5, 5.41) is 3.43. The van der Waals surface area contributed by atoms with Crippen LogP contribution in [0.2, 0.25) is 0 Å². The fourth-order valence-electron chi connectivity index (χ4n) is 3.97. The zero-order valence-electron chi connectivity index (χ0n) is 13.4. The maximum absolute atomic E-state index is 4.68. The predicted octanol–water partition coefficient (Wildman–Crippen LogP) is 3.35. The molecule has 1 aliphatic carbocycles. The van der Waals surface area contributed by atoms with Crippen molar-refractivity contribution in [1.82, 2.24) is 15.2 Å². The highest BCUT2D eigenvalue weighted by atomic mass is 15.2. The van der Waals surface area contributed by atoms with E-state index in [-0.39, 0.29) is 0 Å². The number of hydrogen-bond acceptors (Lipinski definition) is 3.